The van der Waals surface area contributed by atoms with E-state index in [1.807, 2.05) is 6.92 Å². The first-order valence-corrected chi connectivity index (χ1v) is 8.25. The zero-order valence-corrected chi connectivity index (χ0v) is 14.4. The number of carboxylic acids is 1. The Morgan fingerprint density at radius 1 is 1.40 bits per heavy atom. The maximum absolute atomic E-state index is 14.0. The summed E-state index contributed by atoms with van der Waals surface area (Å²) < 4.78 is 15.7. The molecule has 2 rings (SSSR count). The molecule has 0 saturated carbocycles. The summed E-state index contributed by atoms with van der Waals surface area (Å²) in [6, 6.07) is 7.68. The molecular formula is C18H15FN2O3S. The van der Waals surface area contributed by atoms with Crippen molar-refractivity contribution in [2.75, 3.05) is 5.75 Å². The van der Waals surface area contributed by atoms with Gasteiger partial charge < -0.3 is 9.67 Å². The molecule has 1 aromatic heterocycles. The Bertz CT molecular complexity index is 910. The standard InChI is InChI=1S/C18H15FN2O3S/c1-11-12(7-14(9-20)21(11)2)3-5-16(22)13-4-6-17(15(19)8-13)25-10-18(23)24/h3-8H,10H2,1-2H3,(H,23,24)/b5-3+. The summed E-state index contributed by atoms with van der Waals surface area (Å²) in [7, 11) is 1.76. The van der Waals surface area contributed by atoms with Gasteiger partial charge in [-0.05, 0) is 48.9 Å². The number of benzene rings is 1. The molecule has 0 radical (unpaired) electrons. The molecule has 0 aliphatic heterocycles. The second-order valence-electron chi connectivity index (χ2n) is 5.27. The van der Waals surface area contributed by atoms with Crippen molar-refractivity contribution in [1.29, 1.82) is 5.26 Å². The minimum atomic E-state index is -1.04. The smallest absolute Gasteiger partial charge is 0.313 e. The number of hydrogen-bond donors (Lipinski definition) is 1. The summed E-state index contributed by atoms with van der Waals surface area (Å²) in [5.41, 5.74) is 2.23. The highest BCUT2D eigenvalue weighted by molar-refractivity contribution is 8.00. The maximum Gasteiger partial charge on any atom is 0.313 e. The van der Waals surface area contributed by atoms with Gasteiger partial charge in [0, 0.05) is 23.2 Å². The van der Waals surface area contributed by atoms with E-state index in [9.17, 15) is 14.0 Å². The number of halogens is 1. The van der Waals surface area contributed by atoms with Gasteiger partial charge in [0.15, 0.2) is 5.78 Å². The molecular weight excluding hydrogens is 343 g/mol. The van der Waals surface area contributed by atoms with Crippen LogP contribution in [0.3, 0.4) is 0 Å². The third-order valence-corrected chi connectivity index (χ3v) is 4.70. The van der Waals surface area contributed by atoms with Crippen LogP contribution in [0.1, 0.15) is 27.3 Å². The summed E-state index contributed by atoms with van der Waals surface area (Å²) in [4.78, 5) is 22.9. The lowest BCUT2D eigenvalue weighted by Crippen LogP contribution is -2.00. The van der Waals surface area contributed by atoms with Crippen molar-refractivity contribution in [2.45, 2.75) is 11.8 Å². The second kappa shape index (κ2) is 7.81. The van der Waals surface area contributed by atoms with Crippen molar-refractivity contribution < 1.29 is 19.1 Å². The molecule has 0 aliphatic carbocycles. The second-order valence-corrected chi connectivity index (χ2v) is 6.28. The quantitative estimate of drug-likeness (QED) is 0.486. The highest BCUT2D eigenvalue weighted by atomic mass is 32.2. The van der Waals surface area contributed by atoms with Crippen LogP contribution in [0, 0.1) is 24.1 Å². The van der Waals surface area contributed by atoms with Crippen molar-refractivity contribution in [1.82, 2.24) is 4.57 Å². The van der Waals surface area contributed by atoms with Crippen LogP contribution in [0.2, 0.25) is 0 Å². The lowest BCUT2D eigenvalue weighted by Gasteiger charge is -2.03. The van der Waals surface area contributed by atoms with Crippen molar-refractivity contribution in [3.63, 3.8) is 0 Å². The van der Waals surface area contributed by atoms with Gasteiger partial charge in [-0.15, -0.1) is 11.8 Å². The molecule has 0 aliphatic rings. The molecule has 0 fully saturated rings. The van der Waals surface area contributed by atoms with E-state index < -0.39 is 11.8 Å². The zero-order valence-electron chi connectivity index (χ0n) is 13.6. The van der Waals surface area contributed by atoms with Gasteiger partial charge in [0.2, 0.25) is 0 Å². The lowest BCUT2D eigenvalue weighted by molar-refractivity contribution is -0.133. The van der Waals surface area contributed by atoms with Gasteiger partial charge in [-0.1, -0.05) is 0 Å². The molecule has 128 valence electrons. The van der Waals surface area contributed by atoms with Crippen LogP contribution in [0.5, 0.6) is 0 Å². The molecule has 0 atom stereocenters. The fourth-order valence-electron chi connectivity index (χ4n) is 2.17. The number of nitrogens with zero attached hydrogens (tertiary/aromatic N) is 2. The highest BCUT2D eigenvalue weighted by Gasteiger charge is 2.11. The van der Waals surface area contributed by atoms with E-state index >= 15 is 0 Å². The topological polar surface area (TPSA) is 83.1 Å². The number of allylic oxidation sites excluding steroid dienone is 1. The van der Waals surface area contributed by atoms with Crippen molar-refractivity contribution in [2.24, 2.45) is 7.05 Å². The normalized spacial score (nSPS) is 10.8. The summed E-state index contributed by atoms with van der Waals surface area (Å²) in [6.07, 6.45) is 2.91. The average molecular weight is 358 g/mol. The third-order valence-electron chi connectivity index (χ3n) is 3.67. The predicted molar refractivity (Wildman–Crippen MR) is 93.0 cm³/mol. The number of hydrogen-bond acceptors (Lipinski definition) is 4. The van der Waals surface area contributed by atoms with Crippen molar-refractivity contribution in [3.8, 4) is 6.07 Å². The first kappa shape index (κ1) is 18.5. The van der Waals surface area contributed by atoms with Gasteiger partial charge in [0.05, 0.1) is 5.75 Å². The third kappa shape index (κ3) is 4.37. The Balaban J connectivity index is 2.17. The monoisotopic (exact) mass is 358 g/mol. The molecule has 2 aromatic rings. The predicted octanol–water partition coefficient (Wildman–Crippen LogP) is 3.42. The van der Waals surface area contributed by atoms with Crippen LogP contribution >= 0.6 is 11.8 Å². The minimum Gasteiger partial charge on any atom is -0.481 e. The first-order chi connectivity index (χ1) is 11.8. The molecule has 0 saturated heterocycles. The Morgan fingerprint density at radius 3 is 2.68 bits per heavy atom. The molecule has 5 nitrogen and oxygen atoms in total. The van der Waals surface area contributed by atoms with Crippen LogP contribution in [0.25, 0.3) is 6.08 Å². The van der Waals surface area contributed by atoms with E-state index in [0.717, 1.165) is 29.1 Å². The summed E-state index contributed by atoms with van der Waals surface area (Å²) >= 11 is 0.857. The number of nitriles is 1. The number of aromatic nitrogens is 1. The van der Waals surface area contributed by atoms with Crippen LogP contribution < -0.4 is 0 Å². The van der Waals surface area contributed by atoms with Gasteiger partial charge in [0.25, 0.3) is 0 Å². The van der Waals surface area contributed by atoms with Crippen LogP contribution in [-0.4, -0.2) is 27.2 Å². The number of carbonyl (C=O) groups is 2. The Hall–Kier alpha value is -2.85. The molecule has 25 heavy (non-hydrogen) atoms. The molecule has 0 spiro atoms. The number of carbonyl (C=O) groups excluding carboxylic acids is 1. The molecule has 1 aromatic carbocycles. The lowest BCUT2D eigenvalue weighted by atomic mass is 10.1. The van der Waals surface area contributed by atoms with Gasteiger partial charge >= 0.3 is 5.97 Å². The number of thioether (sulfide) groups is 1. The van der Waals surface area contributed by atoms with Gasteiger partial charge in [-0.25, -0.2) is 4.39 Å². The number of carboxylic acid groups (broad SMARTS) is 1. The van der Waals surface area contributed by atoms with E-state index in [1.54, 1.807) is 23.8 Å². The van der Waals surface area contributed by atoms with Crippen LogP contribution in [0.4, 0.5) is 4.39 Å². The fraction of sp³-hybridized carbons (Fsp3) is 0.167. The van der Waals surface area contributed by atoms with E-state index in [4.69, 9.17) is 10.4 Å². The van der Waals surface area contributed by atoms with Crippen molar-refractivity contribution >= 4 is 29.6 Å². The highest BCUT2D eigenvalue weighted by Crippen LogP contribution is 2.23. The molecule has 7 heteroatoms. The summed E-state index contributed by atoms with van der Waals surface area (Å²) in [5.74, 6) is -2.30. The average Bonchev–Trinajstić information content (AvgIpc) is 2.86. The zero-order chi connectivity index (χ0) is 18.6. The van der Waals surface area contributed by atoms with Gasteiger partial charge in [-0.2, -0.15) is 5.26 Å². The van der Waals surface area contributed by atoms with E-state index in [2.05, 4.69) is 6.07 Å². The summed E-state index contributed by atoms with van der Waals surface area (Å²) in [6.45, 7) is 1.83. The Kier molecular flexibility index (Phi) is 5.78. The largest absolute Gasteiger partial charge is 0.481 e. The van der Waals surface area contributed by atoms with E-state index in [0.29, 0.717) is 5.69 Å². The number of aliphatic carboxylic acids is 1. The SMILES string of the molecule is Cc1c(/C=C/C(=O)c2ccc(SCC(=O)O)c(F)c2)cc(C#N)n1C. The van der Waals surface area contributed by atoms with Gasteiger partial charge in [-0.3, -0.25) is 9.59 Å². The number of ketones is 1. The van der Waals surface area contributed by atoms with E-state index in [-0.39, 0.29) is 22.0 Å². The Morgan fingerprint density at radius 2 is 2.12 bits per heavy atom. The molecule has 1 N–H and O–H groups in total. The molecule has 0 amide bonds. The minimum absolute atomic E-state index is 0.169. The van der Waals surface area contributed by atoms with Crippen LogP contribution in [0.15, 0.2) is 35.2 Å². The first-order valence-electron chi connectivity index (χ1n) is 7.26. The maximum atomic E-state index is 14.0. The molecule has 1 heterocycles. The van der Waals surface area contributed by atoms with Crippen LogP contribution in [-0.2, 0) is 11.8 Å². The summed E-state index contributed by atoms with van der Waals surface area (Å²) in [5, 5.41) is 17.6. The molecule has 0 bridgehead atoms. The Labute approximate surface area is 148 Å². The number of rotatable bonds is 6. The molecule has 0 unspecified atom stereocenters. The van der Waals surface area contributed by atoms with Gasteiger partial charge in [0.1, 0.15) is 17.6 Å². The van der Waals surface area contributed by atoms with Crippen molar-refractivity contribution in [3.05, 3.63) is 58.7 Å². The fourth-order valence-corrected chi connectivity index (χ4v) is 2.81. The van der Waals surface area contributed by atoms with E-state index in [1.165, 1.54) is 18.2 Å².